The number of likely N-dealkylation sites (tertiary alicyclic amines) is 6. The van der Waals surface area contributed by atoms with E-state index < -0.39 is 129 Å². The van der Waals surface area contributed by atoms with E-state index in [4.69, 9.17) is 8.22 Å². The normalized spacial score (nSPS) is 37.7. The number of Topliss-reactive ketones (excluding diaryl/α,β-unsaturated/α-hetero) is 1. The first-order valence-electron chi connectivity index (χ1n) is 22.3. The summed E-state index contributed by atoms with van der Waals surface area (Å²) in [6, 6.07) is -5.55. The van der Waals surface area contributed by atoms with Crippen molar-refractivity contribution in [2.45, 2.75) is 101 Å². The molecule has 0 aromatic carbocycles. The van der Waals surface area contributed by atoms with Crippen molar-refractivity contribution in [1.29, 1.82) is 0 Å². The molecule has 0 spiro atoms. The quantitative estimate of drug-likeness (QED) is 0.187. The predicted octanol–water partition coefficient (Wildman–Crippen LogP) is -1.92. The second-order valence-corrected chi connectivity index (χ2v) is 14.7. The Bertz CT molecular complexity index is 1770. The maximum atomic E-state index is 13.9. The zero-order chi connectivity index (χ0) is 44.4. The van der Waals surface area contributed by atoms with Gasteiger partial charge >= 0.3 is 6.03 Å². The van der Waals surface area contributed by atoms with E-state index in [1.807, 2.05) is 0 Å². The summed E-state index contributed by atoms with van der Waals surface area (Å²) in [6.07, 6.45) is -3.81. The number of urea groups is 1. The van der Waals surface area contributed by atoms with Gasteiger partial charge in [0.15, 0.2) is 5.78 Å². The van der Waals surface area contributed by atoms with Crippen molar-refractivity contribution in [2.75, 3.05) is 72.5 Å². The molecule has 0 bridgehead atoms. The number of hydrogen-bond donors (Lipinski definition) is 3. The Kier molecular flexibility index (Phi) is 10.6. The Morgan fingerprint density at radius 3 is 1.75 bits per heavy atom. The maximum absolute atomic E-state index is 13.9. The van der Waals surface area contributed by atoms with Gasteiger partial charge in [0, 0.05) is 47.5 Å². The summed E-state index contributed by atoms with van der Waals surface area (Å²) < 4.78 is 49.7. The fourth-order valence-corrected chi connectivity index (χ4v) is 8.20. The van der Waals surface area contributed by atoms with Crippen molar-refractivity contribution < 1.29 is 51.4 Å². The number of carbonyl (C=O) groups excluding carboxylic acids is 9. The van der Waals surface area contributed by atoms with Crippen LogP contribution in [0.4, 0.5) is 4.79 Å². The number of likely N-dealkylation sites (N-methyl/N-ethyl adjacent to an activating group) is 1. The third-order valence-corrected chi connectivity index (χ3v) is 11.2. The van der Waals surface area contributed by atoms with Crippen molar-refractivity contribution >= 4 is 53.5 Å². The Hall–Kier alpha value is -4.61. The van der Waals surface area contributed by atoms with Gasteiger partial charge in [0.05, 0.1) is 37.6 Å². The second-order valence-electron chi connectivity index (χ2n) is 14.7. The Labute approximate surface area is 329 Å². The lowest BCUT2D eigenvalue weighted by Crippen LogP contribution is -2.54. The average Bonchev–Trinajstić information content (AvgIpc) is 4.08. The molecule has 0 aromatic rings. The molecule has 0 saturated carbocycles. The molecule has 0 aliphatic carbocycles. The molecule has 6 fully saturated rings. The largest absolute Gasteiger partial charge is 0.348 e. The molecule has 6 rings (SSSR count). The molecule has 6 heterocycles. The van der Waals surface area contributed by atoms with Gasteiger partial charge in [-0.25, -0.2) is 4.79 Å². The molecular weight excluding hydrogens is 714 g/mol. The highest BCUT2D eigenvalue weighted by molar-refractivity contribution is 5.96. The average molecular weight is 782 g/mol. The van der Waals surface area contributed by atoms with E-state index in [2.05, 4.69) is 16.0 Å². The van der Waals surface area contributed by atoms with Crippen LogP contribution >= 0.6 is 0 Å². The molecule has 3 N–H and O–H groups in total. The van der Waals surface area contributed by atoms with Crippen molar-refractivity contribution in [1.82, 2.24) is 45.3 Å². The van der Waals surface area contributed by atoms with Crippen molar-refractivity contribution in [3.05, 3.63) is 0 Å². The lowest BCUT2D eigenvalue weighted by Gasteiger charge is -2.32. The van der Waals surface area contributed by atoms with E-state index in [1.165, 1.54) is 24.5 Å². The number of nitrogens with zero attached hydrogens (tertiary/aromatic N) is 6. The van der Waals surface area contributed by atoms with E-state index in [9.17, 15) is 43.2 Å². The number of rotatable bonds is 12. The zero-order valence-corrected chi connectivity index (χ0v) is 31.0. The van der Waals surface area contributed by atoms with Gasteiger partial charge in [0.25, 0.3) is 0 Å². The summed E-state index contributed by atoms with van der Waals surface area (Å²) in [5.74, 6) is -5.10. The fourth-order valence-electron chi connectivity index (χ4n) is 8.20. The van der Waals surface area contributed by atoms with Crippen molar-refractivity contribution in [3.63, 3.8) is 0 Å². The van der Waals surface area contributed by atoms with Gasteiger partial charge in [0.2, 0.25) is 35.4 Å². The molecule has 302 valence electrons. The molecule has 6 aliphatic rings. The Balaban J connectivity index is 0.999. The number of carbonyl (C=O) groups is 9. The Morgan fingerprint density at radius 2 is 1.13 bits per heavy atom. The lowest BCUT2D eigenvalue weighted by atomic mass is 10.1. The Morgan fingerprint density at radius 1 is 0.600 bits per heavy atom. The summed E-state index contributed by atoms with van der Waals surface area (Å²) in [5.41, 5.74) is 0. The minimum Gasteiger partial charge on any atom is -0.348 e. The molecule has 0 radical (unpaired) electrons. The van der Waals surface area contributed by atoms with Gasteiger partial charge < -0.3 is 45.2 Å². The van der Waals surface area contributed by atoms with Gasteiger partial charge in [-0.05, 0) is 84.1 Å². The fraction of sp³-hybridized carbons (Fsp3) is 0.757. The molecule has 18 heteroatoms. The van der Waals surface area contributed by atoms with E-state index in [0.29, 0.717) is 19.3 Å². The number of nitrogens with one attached hydrogen (secondary N) is 3. The smallest absolute Gasteiger partial charge is 0.317 e. The third-order valence-electron chi connectivity index (χ3n) is 11.2. The molecule has 8 amide bonds. The van der Waals surface area contributed by atoms with E-state index in [0.717, 1.165) is 0 Å². The molecule has 6 saturated heterocycles. The minimum absolute atomic E-state index is 0.0163. The highest BCUT2D eigenvalue weighted by Crippen LogP contribution is 2.29. The van der Waals surface area contributed by atoms with Gasteiger partial charge in [-0.1, -0.05) is 0 Å². The molecular formula is C37H55N9O9. The number of amides is 8. The van der Waals surface area contributed by atoms with Crippen LogP contribution in [0, 0.1) is 5.92 Å². The van der Waals surface area contributed by atoms with Crippen LogP contribution in [-0.2, 0) is 38.4 Å². The van der Waals surface area contributed by atoms with Gasteiger partial charge in [0.1, 0.15) is 24.4 Å². The summed E-state index contributed by atoms with van der Waals surface area (Å²) in [5, 5.41) is 7.42. The highest BCUT2D eigenvalue weighted by Gasteiger charge is 2.45. The van der Waals surface area contributed by atoms with E-state index in [-0.39, 0.29) is 77.4 Å². The SMILES string of the molecule is [3H]C1CC(C(=O)N2CC([3H])CC2C(=O)NCC(=O)N2CC([3H])CC2C(=O)CNC(=O)N2CC([3H])C(C(=O)N3CC([3H])CC3C(=O)N3CC([3H])CC3C(=O)NCC=O)C2)N(C)C1. The first-order valence-corrected chi connectivity index (χ1v) is 18.9. The maximum Gasteiger partial charge on any atom is 0.317 e. The topological polar surface area (TPSA) is 209 Å². The van der Waals surface area contributed by atoms with Gasteiger partial charge in [-0.3, -0.25) is 38.5 Å². The first kappa shape index (κ1) is 32.6. The van der Waals surface area contributed by atoms with Crippen LogP contribution in [0.5, 0.6) is 0 Å². The summed E-state index contributed by atoms with van der Waals surface area (Å²) in [6.45, 7) is -1.60. The van der Waals surface area contributed by atoms with Crippen LogP contribution in [0.15, 0.2) is 0 Å². The molecule has 6 aliphatic heterocycles. The van der Waals surface area contributed by atoms with Gasteiger partial charge in [-0.2, -0.15) is 0 Å². The summed E-state index contributed by atoms with van der Waals surface area (Å²) in [7, 11) is 1.73. The predicted molar refractivity (Wildman–Crippen MR) is 195 cm³/mol. The van der Waals surface area contributed by atoms with Crippen LogP contribution in [-0.4, -0.2) is 186 Å². The standard InChI is InChI=1S/C37H55N9O9/c1-41-14-2-10-28(41)35(53)44-16-5-9-27(44)33(51)39-22-31(49)43-15-3-7-25(43)30(48)21-40-37(55)42-19-12-24(23-42)34(52)46-18-6-11-29(46)36(54)45-17-4-8-26(45)32(50)38-13-20-47/h20,24-29H,2-19,21-23H2,1H3,(H,38,50)(H,39,51)(H,40,55)/i2T,3T,4T,5T,6T,12T. The first-order chi connectivity index (χ1) is 28.9. The highest BCUT2D eigenvalue weighted by atomic mass is 16.2. The number of hydrogen-bond acceptors (Lipinski definition) is 10. The molecule has 12 atom stereocenters. The van der Waals surface area contributed by atoms with E-state index in [1.54, 1.807) is 11.9 Å². The zero-order valence-electron chi connectivity index (χ0n) is 37.0. The van der Waals surface area contributed by atoms with Crippen LogP contribution in [0.2, 0.25) is 0 Å². The monoisotopic (exact) mass is 781 g/mol. The van der Waals surface area contributed by atoms with E-state index >= 15 is 0 Å². The number of ketones is 1. The summed E-state index contributed by atoms with van der Waals surface area (Å²) >= 11 is 0. The third kappa shape index (κ3) is 8.78. The van der Waals surface area contributed by atoms with Crippen LogP contribution in [0.1, 0.15) is 78.7 Å². The molecule has 0 aromatic heterocycles. The van der Waals surface area contributed by atoms with Crippen LogP contribution in [0.3, 0.4) is 0 Å². The van der Waals surface area contributed by atoms with Crippen molar-refractivity contribution in [3.8, 4) is 0 Å². The molecule has 12 unspecified atom stereocenters. The van der Waals surface area contributed by atoms with Crippen LogP contribution in [0.25, 0.3) is 0 Å². The number of aldehydes is 1. The second kappa shape index (κ2) is 17.9. The summed E-state index contributed by atoms with van der Waals surface area (Å²) in [4.78, 5) is 126. The molecule has 55 heavy (non-hydrogen) atoms. The van der Waals surface area contributed by atoms with Gasteiger partial charge in [-0.15, -0.1) is 0 Å². The van der Waals surface area contributed by atoms with Crippen LogP contribution < -0.4 is 16.0 Å². The lowest BCUT2D eigenvalue weighted by molar-refractivity contribution is -0.148. The minimum atomic E-state index is -1.13. The van der Waals surface area contributed by atoms with Crippen molar-refractivity contribution in [2.24, 2.45) is 5.92 Å². The molecule has 18 nitrogen and oxygen atoms in total.